The second kappa shape index (κ2) is 5.43. The van der Waals surface area contributed by atoms with Gasteiger partial charge in [0.25, 0.3) is 0 Å². The first-order valence-electron chi connectivity index (χ1n) is 10.4. The largest absolute Gasteiger partial charge is 0.344 e. The Bertz CT molecular complexity index is 1680. The maximum atomic E-state index is 2.35. The summed E-state index contributed by atoms with van der Waals surface area (Å²) in [5.74, 6) is 0. The highest BCUT2D eigenvalue weighted by atomic mass is 15.0. The molecule has 0 aliphatic carbocycles. The van der Waals surface area contributed by atoms with Gasteiger partial charge in [0.05, 0.1) is 0 Å². The van der Waals surface area contributed by atoms with E-state index in [1.165, 1.54) is 65.2 Å². The molecule has 0 unspecified atom stereocenters. The minimum Gasteiger partial charge on any atom is -0.344 e. The zero-order valence-electron chi connectivity index (χ0n) is 17.0. The van der Waals surface area contributed by atoms with Crippen LogP contribution in [-0.4, -0.2) is 9.13 Å². The Morgan fingerprint density at radius 3 is 1.23 bits per heavy atom. The topological polar surface area (TPSA) is 9.86 Å². The molecular formula is C28H20N2. The standard InChI is InChI=1S/C28H20N2/c1-29-21-13-11-17-7-3-5-9-19(17)25(21)27-23(29)15-16-24-28(27)26-20-10-6-4-8-18(20)12-14-22(26)30(24)2/h3-16H,1-2H3. The highest BCUT2D eigenvalue weighted by molar-refractivity contribution is 6.35. The Hall–Kier alpha value is -3.78. The third kappa shape index (κ3) is 1.80. The summed E-state index contributed by atoms with van der Waals surface area (Å²) < 4.78 is 4.70. The molecule has 0 saturated heterocycles. The molecule has 0 spiro atoms. The molecule has 2 aromatic heterocycles. The molecule has 2 heterocycles. The van der Waals surface area contributed by atoms with Crippen LogP contribution in [-0.2, 0) is 14.1 Å². The molecule has 0 fully saturated rings. The summed E-state index contributed by atoms with van der Waals surface area (Å²) in [6.45, 7) is 0. The predicted octanol–water partition coefficient (Wildman–Crippen LogP) is 7.28. The van der Waals surface area contributed by atoms with Crippen LogP contribution in [0.2, 0.25) is 0 Å². The lowest BCUT2D eigenvalue weighted by Gasteiger charge is -2.03. The van der Waals surface area contributed by atoms with Gasteiger partial charge in [-0.1, -0.05) is 60.7 Å². The van der Waals surface area contributed by atoms with Crippen LogP contribution in [0, 0.1) is 0 Å². The zero-order valence-corrected chi connectivity index (χ0v) is 17.0. The molecule has 0 aliphatic heterocycles. The van der Waals surface area contributed by atoms with Crippen LogP contribution in [0.5, 0.6) is 0 Å². The summed E-state index contributed by atoms with van der Waals surface area (Å²) in [5.41, 5.74) is 5.14. The van der Waals surface area contributed by atoms with Crippen LogP contribution in [0.3, 0.4) is 0 Å². The van der Waals surface area contributed by atoms with Gasteiger partial charge >= 0.3 is 0 Å². The van der Waals surface area contributed by atoms with E-state index in [0.29, 0.717) is 0 Å². The Morgan fingerprint density at radius 1 is 0.400 bits per heavy atom. The molecule has 5 aromatic carbocycles. The van der Waals surface area contributed by atoms with Crippen LogP contribution in [0.1, 0.15) is 0 Å². The van der Waals surface area contributed by atoms with E-state index in [1.807, 2.05) is 0 Å². The fourth-order valence-corrected chi connectivity index (χ4v) is 5.51. The Kier molecular flexibility index (Phi) is 2.91. The molecule has 0 atom stereocenters. The number of fused-ring (bicyclic) bond motifs is 11. The molecule has 30 heavy (non-hydrogen) atoms. The van der Waals surface area contributed by atoms with Crippen molar-refractivity contribution in [1.82, 2.24) is 9.13 Å². The van der Waals surface area contributed by atoms with Crippen molar-refractivity contribution in [3.8, 4) is 0 Å². The molecule has 7 rings (SSSR count). The fourth-order valence-electron chi connectivity index (χ4n) is 5.51. The van der Waals surface area contributed by atoms with E-state index in [0.717, 1.165) is 0 Å². The third-order valence-corrected chi connectivity index (χ3v) is 6.92. The maximum absolute atomic E-state index is 2.35. The van der Waals surface area contributed by atoms with Gasteiger partial charge in [0.1, 0.15) is 0 Å². The first kappa shape index (κ1) is 16.1. The number of aromatic nitrogens is 2. The number of hydrogen-bond acceptors (Lipinski definition) is 0. The summed E-state index contributed by atoms with van der Waals surface area (Å²) in [6.07, 6.45) is 0. The predicted molar refractivity (Wildman–Crippen MR) is 129 cm³/mol. The van der Waals surface area contributed by atoms with E-state index >= 15 is 0 Å². The summed E-state index contributed by atoms with van der Waals surface area (Å²) in [7, 11) is 4.38. The molecule has 142 valence electrons. The number of aryl methyl sites for hydroxylation is 2. The number of rotatable bonds is 0. The van der Waals surface area contributed by atoms with Crippen LogP contribution < -0.4 is 0 Å². The van der Waals surface area contributed by atoms with E-state index in [2.05, 4.69) is 108 Å². The SMILES string of the molecule is Cn1c2ccc3ccccc3c2c2c3c4c5ccccc5ccc4n(C)c3ccc21. The van der Waals surface area contributed by atoms with Crippen molar-refractivity contribution >= 4 is 65.2 Å². The van der Waals surface area contributed by atoms with E-state index in [4.69, 9.17) is 0 Å². The second-order valence-electron chi connectivity index (χ2n) is 8.33. The lowest BCUT2D eigenvalue weighted by molar-refractivity contribution is 1.01. The first-order valence-corrected chi connectivity index (χ1v) is 10.4. The second-order valence-corrected chi connectivity index (χ2v) is 8.33. The Labute approximate surface area is 173 Å². The lowest BCUT2D eigenvalue weighted by Crippen LogP contribution is -1.88. The smallest absolute Gasteiger partial charge is 0.0496 e. The lowest BCUT2D eigenvalue weighted by atomic mass is 9.98. The van der Waals surface area contributed by atoms with E-state index in [1.54, 1.807) is 0 Å². The Morgan fingerprint density at radius 2 is 0.767 bits per heavy atom. The van der Waals surface area contributed by atoms with Gasteiger partial charge in [0.15, 0.2) is 0 Å². The van der Waals surface area contributed by atoms with Crippen molar-refractivity contribution in [2.75, 3.05) is 0 Å². The van der Waals surface area contributed by atoms with Gasteiger partial charge in [-0.05, 0) is 45.8 Å². The van der Waals surface area contributed by atoms with Gasteiger partial charge in [-0.3, -0.25) is 0 Å². The molecule has 0 N–H and O–H groups in total. The average molecular weight is 384 g/mol. The molecule has 0 aliphatic rings. The molecule has 0 radical (unpaired) electrons. The highest BCUT2D eigenvalue weighted by Gasteiger charge is 2.19. The van der Waals surface area contributed by atoms with Crippen molar-refractivity contribution in [2.45, 2.75) is 0 Å². The third-order valence-electron chi connectivity index (χ3n) is 6.92. The molecule has 2 nitrogen and oxygen atoms in total. The molecular weight excluding hydrogens is 364 g/mol. The minimum atomic E-state index is 1.29. The van der Waals surface area contributed by atoms with Crippen LogP contribution >= 0.6 is 0 Å². The molecule has 0 saturated carbocycles. The Balaban J connectivity index is 1.91. The van der Waals surface area contributed by atoms with E-state index in [9.17, 15) is 0 Å². The van der Waals surface area contributed by atoms with Crippen molar-refractivity contribution in [3.05, 3.63) is 84.9 Å². The molecule has 2 heteroatoms. The summed E-state index contributed by atoms with van der Waals surface area (Å²) in [4.78, 5) is 0. The van der Waals surface area contributed by atoms with Gasteiger partial charge in [-0.2, -0.15) is 0 Å². The monoisotopic (exact) mass is 384 g/mol. The van der Waals surface area contributed by atoms with Gasteiger partial charge in [-0.15, -0.1) is 0 Å². The number of hydrogen-bond donors (Lipinski definition) is 0. The number of benzene rings is 5. The van der Waals surface area contributed by atoms with Gasteiger partial charge in [-0.25, -0.2) is 0 Å². The maximum Gasteiger partial charge on any atom is 0.0496 e. The van der Waals surface area contributed by atoms with E-state index < -0.39 is 0 Å². The van der Waals surface area contributed by atoms with Crippen molar-refractivity contribution < 1.29 is 0 Å². The molecule has 7 aromatic rings. The zero-order chi connectivity index (χ0) is 20.0. The van der Waals surface area contributed by atoms with Crippen LogP contribution in [0.15, 0.2) is 84.9 Å². The summed E-state index contributed by atoms with van der Waals surface area (Å²) >= 11 is 0. The van der Waals surface area contributed by atoms with Gasteiger partial charge in [0.2, 0.25) is 0 Å². The summed E-state index contributed by atoms with van der Waals surface area (Å²) in [5, 5.41) is 10.7. The summed E-state index contributed by atoms with van der Waals surface area (Å²) in [6, 6.07) is 31.1. The van der Waals surface area contributed by atoms with Gasteiger partial charge < -0.3 is 9.13 Å². The van der Waals surface area contributed by atoms with Crippen LogP contribution in [0.25, 0.3) is 65.2 Å². The highest BCUT2D eigenvalue weighted by Crippen LogP contribution is 2.43. The molecule has 0 bridgehead atoms. The minimum absolute atomic E-state index is 1.29. The van der Waals surface area contributed by atoms with Crippen molar-refractivity contribution in [3.63, 3.8) is 0 Å². The fraction of sp³-hybridized carbons (Fsp3) is 0.0714. The first-order chi connectivity index (χ1) is 14.7. The van der Waals surface area contributed by atoms with Crippen LogP contribution in [0.4, 0.5) is 0 Å². The molecule has 0 amide bonds. The van der Waals surface area contributed by atoms with E-state index in [-0.39, 0.29) is 0 Å². The average Bonchev–Trinajstić information content (AvgIpc) is 3.26. The van der Waals surface area contributed by atoms with Gasteiger partial charge in [0, 0.05) is 57.7 Å². The number of nitrogens with zero attached hydrogens (tertiary/aromatic N) is 2. The normalized spacial score (nSPS) is 12.3. The van der Waals surface area contributed by atoms with Crippen molar-refractivity contribution in [2.24, 2.45) is 14.1 Å². The van der Waals surface area contributed by atoms with Crippen molar-refractivity contribution in [1.29, 1.82) is 0 Å². The quantitative estimate of drug-likeness (QED) is 0.260.